The van der Waals surface area contributed by atoms with E-state index in [0.717, 1.165) is 0 Å². The van der Waals surface area contributed by atoms with Crippen molar-refractivity contribution in [3.05, 3.63) is 0 Å². The lowest BCUT2D eigenvalue weighted by Crippen LogP contribution is -2.28. The van der Waals surface area contributed by atoms with Gasteiger partial charge in [-0.25, -0.2) is 0 Å². The summed E-state index contributed by atoms with van der Waals surface area (Å²) in [7, 11) is 0. The summed E-state index contributed by atoms with van der Waals surface area (Å²) in [4.78, 5) is 10.3. The van der Waals surface area contributed by atoms with E-state index in [9.17, 15) is 4.79 Å². The topological polar surface area (TPSA) is 46.5 Å². The van der Waals surface area contributed by atoms with Gasteiger partial charge in [0.05, 0.1) is 6.10 Å². The first-order valence-corrected chi connectivity index (χ1v) is 3.63. The first kappa shape index (κ1) is 9.78. The highest BCUT2D eigenvalue weighted by Gasteiger charge is 2.19. The zero-order valence-electron chi connectivity index (χ0n) is 6.07. The molecule has 1 N–H and O–H groups in total. The van der Waals surface area contributed by atoms with Gasteiger partial charge in [-0.15, -0.1) is 0 Å². The summed E-state index contributed by atoms with van der Waals surface area (Å²) >= 11 is 3.83. The summed E-state index contributed by atoms with van der Waals surface area (Å²) in [6.07, 6.45) is -0.328. The summed E-state index contributed by atoms with van der Waals surface area (Å²) in [6.45, 7) is 4.03. The van der Waals surface area contributed by atoms with Crippen LogP contribution in [0.15, 0.2) is 0 Å². The van der Waals surface area contributed by atoms with E-state index in [-0.39, 0.29) is 6.10 Å². The summed E-state index contributed by atoms with van der Waals surface area (Å²) in [5.41, 5.74) is 0. The van der Waals surface area contributed by atoms with Crippen LogP contribution < -0.4 is 0 Å². The Labute approximate surface area is 65.8 Å². The van der Waals surface area contributed by atoms with Crippen LogP contribution in [-0.2, 0) is 9.53 Å². The maximum Gasteiger partial charge on any atom is 0.319 e. The molecule has 60 valence electrons. The third-order valence-electron chi connectivity index (χ3n) is 1.13. The molecule has 0 saturated carbocycles. The Balaban J connectivity index is 3.69. The lowest BCUT2D eigenvalue weighted by molar-refractivity contribution is -0.138. The third-order valence-corrected chi connectivity index (χ3v) is 1.77. The fourth-order valence-corrected chi connectivity index (χ4v) is 0.641. The Morgan fingerprint density at radius 1 is 1.80 bits per heavy atom. The van der Waals surface area contributed by atoms with E-state index < -0.39 is 11.2 Å². The molecule has 0 fully saturated rings. The minimum atomic E-state index is -0.940. The highest BCUT2D eigenvalue weighted by Crippen LogP contribution is 2.05. The Hall–Kier alpha value is -0.220. The van der Waals surface area contributed by atoms with Crippen molar-refractivity contribution in [3.8, 4) is 0 Å². The van der Waals surface area contributed by atoms with E-state index in [1.54, 1.807) is 6.92 Å². The Kier molecular flexibility index (Phi) is 4.47. The van der Waals surface area contributed by atoms with Gasteiger partial charge >= 0.3 is 5.97 Å². The molecule has 0 aliphatic rings. The van der Waals surface area contributed by atoms with Crippen molar-refractivity contribution < 1.29 is 14.6 Å². The van der Waals surface area contributed by atoms with Crippen LogP contribution in [0.2, 0.25) is 0 Å². The second-order valence-electron chi connectivity index (χ2n) is 1.94. The number of rotatable bonds is 4. The third kappa shape index (κ3) is 3.08. The number of ether oxygens (including phenoxy) is 1. The van der Waals surface area contributed by atoms with Gasteiger partial charge in [0, 0.05) is 6.61 Å². The van der Waals surface area contributed by atoms with E-state index in [1.807, 2.05) is 6.92 Å². The van der Waals surface area contributed by atoms with Gasteiger partial charge in [0.15, 0.2) is 0 Å². The second-order valence-corrected chi connectivity index (χ2v) is 2.50. The number of carboxylic acids is 1. The predicted octanol–water partition coefficient (Wildman–Crippen LogP) is 0.794. The summed E-state index contributed by atoms with van der Waals surface area (Å²) in [6, 6.07) is 0. The monoisotopic (exact) mass is 164 g/mol. The molecule has 0 aromatic carbocycles. The zero-order chi connectivity index (χ0) is 8.15. The molecule has 1 unspecified atom stereocenters. The molecular weight excluding hydrogens is 152 g/mol. The minimum absolute atomic E-state index is 0.328. The first-order chi connectivity index (χ1) is 4.59. The predicted molar refractivity (Wildman–Crippen MR) is 41.5 cm³/mol. The molecule has 10 heavy (non-hydrogen) atoms. The Morgan fingerprint density at radius 3 is 2.60 bits per heavy atom. The molecule has 0 radical (unpaired) electrons. The molecule has 0 spiro atoms. The largest absolute Gasteiger partial charge is 0.480 e. The molecule has 0 aromatic rings. The molecule has 0 heterocycles. The Bertz CT molecular complexity index is 116. The van der Waals surface area contributed by atoms with Crippen LogP contribution >= 0.6 is 12.6 Å². The summed E-state index contributed by atoms with van der Waals surface area (Å²) in [5.74, 6) is -0.940. The molecule has 0 bridgehead atoms. The molecule has 0 aromatic heterocycles. The van der Waals surface area contributed by atoms with E-state index in [2.05, 4.69) is 12.6 Å². The van der Waals surface area contributed by atoms with E-state index in [1.165, 1.54) is 0 Å². The van der Waals surface area contributed by atoms with Gasteiger partial charge in [-0.05, 0) is 13.8 Å². The number of hydrogen-bond donors (Lipinski definition) is 2. The molecule has 0 aliphatic carbocycles. The van der Waals surface area contributed by atoms with Crippen molar-refractivity contribution in [2.75, 3.05) is 6.61 Å². The van der Waals surface area contributed by atoms with Gasteiger partial charge in [0.25, 0.3) is 0 Å². The molecule has 0 saturated heterocycles. The van der Waals surface area contributed by atoms with E-state index >= 15 is 0 Å². The van der Waals surface area contributed by atoms with Crippen molar-refractivity contribution >= 4 is 18.6 Å². The lowest BCUT2D eigenvalue weighted by atomic mass is 10.3. The number of thiol groups is 1. The van der Waals surface area contributed by atoms with Gasteiger partial charge in [-0.2, -0.15) is 12.6 Å². The molecule has 0 rings (SSSR count). The fourth-order valence-electron chi connectivity index (χ4n) is 0.555. The maximum atomic E-state index is 10.3. The minimum Gasteiger partial charge on any atom is -0.480 e. The molecule has 0 amide bonds. The van der Waals surface area contributed by atoms with Crippen molar-refractivity contribution in [1.82, 2.24) is 0 Å². The van der Waals surface area contributed by atoms with Gasteiger partial charge in [-0.1, -0.05) is 0 Å². The Morgan fingerprint density at radius 2 is 2.30 bits per heavy atom. The van der Waals surface area contributed by atoms with Crippen LogP contribution in [0.4, 0.5) is 0 Å². The zero-order valence-corrected chi connectivity index (χ0v) is 6.97. The average Bonchev–Trinajstić information content (AvgIpc) is 1.87. The van der Waals surface area contributed by atoms with E-state index in [0.29, 0.717) is 6.61 Å². The normalized spacial score (nSPS) is 16.3. The van der Waals surface area contributed by atoms with Gasteiger partial charge in [-0.3, -0.25) is 4.79 Å². The average molecular weight is 164 g/mol. The van der Waals surface area contributed by atoms with Gasteiger partial charge < -0.3 is 9.84 Å². The van der Waals surface area contributed by atoms with Crippen LogP contribution in [-0.4, -0.2) is 29.0 Å². The number of hydrogen-bond acceptors (Lipinski definition) is 3. The summed E-state index contributed by atoms with van der Waals surface area (Å²) in [5, 5.41) is 7.70. The molecular formula is C6H12O3S. The SMILES string of the molecule is CCOC(C)[C@H](S)C(=O)O. The van der Waals surface area contributed by atoms with Crippen LogP contribution in [0.1, 0.15) is 13.8 Å². The van der Waals surface area contributed by atoms with Crippen LogP contribution in [0.25, 0.3) is 0 Å². The fraction of sp³-hybridized carbons (Fsp3) is 0.833. The standard InChI is InChI=1S/C6H12O3S/c1-3-9-4(2)5(10)6(7)8/h4-5,10H,3H2,1-2H3,(H,7,8)/t4?,5-/m0/s1. The quantitative estimate of drug-likeness (QED) is 0.604. The smallest absolute Gasteiger partial charge is 0.319 e. The van der Waals surface area contributed by atoms with Gasteiger partial charge in [0.2, 0.25) is 0 Å². The first-order valence-electron chi connectivity index (χ1n) is 3.12. The molecule has 0 aliphatic heterocycles. The highest BCUT2D eigenvalue weighted by molar-refractivity contribution is 7.81. The number of aliphatic carboxylic acids is 1. The van der Waals surface area contributed by atoms with Crippen LogP contribution in [0, 0.1) is 0 Å². The van der Waals surface area contributed by atoms with Crippen molar-refractivity contribution in [1.29, 1.82) is 0 Å². The van der Waals surface area contributed by atoms with E-state index in [4.69, 9.17) is 9.84 Å². The number of carbonyl (C=O) groups is 1. The lowest BCUT2D eigenvalue weighted by Gasteiger charge is -2.14. The summed E-state index contributed by atoms with van der Waals surface area (Å²) < 4.78 is 5.01. The highest BCUT2D eigenvalue weighted by atomic mass is 32.1. The van der Waals surface area contributed by atoms with Crippen molar-refractivity contribution in [2.24, 2.45) is 0 Å². The molecule has 2 atom stereocenters. The maximum absolute atomic E-state index is 10.3. The van der Waals surface area contributed by atoms with Crippen LogP contribution in [0.5, 0.6) is 0 Å². The van der Waals surface area contributed by atoms with Gasteiger partial charge in [0.1, 0.15) is 5.25 Å². The van der Waals surface area contributed by atoms with Crippen LogP contribution in [0.3, 0.4) is 0 Å². The number of carboxylic acid groups (broad SMARTS) is 1. The molecule has 3 nitrogen and oxygen atoms in total. The van der Waals surface area contributed by atoms with Crippen molar-refractivity contribution in [3.63, 3.8) is 0 Å². The van der Waals surface area contributed by atoms with Crippen molar-refractivity contribution in [2.45, 2.75) is 25.2 Å². The second kappa shape index (κ2) is 4.57. The molecule has 4 heteroatoms.